The lowest BCUT2D eigenvalue weighted by molar-refractivity contribution is -0.119. The molecule has 1 rings (SSSR count). The number of hydrogen-bond donors (Lipinski definition) is 0. The van der Waals surface area contributed by atoms with Crippen LogP contribution in [0, 0.1) is 11.3 Å². The first-order valence-corrected chi connectivity index (χ1v) is 4.14. The van der Waals surface area contributed by atoms with Crippen molar-refractivity contribution in [1.29, 1.82) is 5.26 Å². The molecule has 0 fully saturated rings. The Labute approximate surface area is 77.3 Å². The molecule has 0 N–H and O–H groups in total. The zero-order chi connectivity index (χ0) is 9.84. The second kappa shape index (κ2) is 3.90. The van der Waals surface area contributed by atoms with Crippen LogP contribution in [-0.4, -0.2) is 11.9 Å². The smallest absolute Gasteiger partial charge is 0.202 e. The second-order valence-electron chi connectivity index (χ2n) is 3.10. The zero-order valence-electron chi connectivity index (χ0n) is 7.70. The molecule has 0 heterocycles. The molecule has 0 atom stereocenters. The Hall–Kier alpha value is -1.56. The first-order valence-electron chi connectivity index (χ1n) is 4.14. The van der Waals surface area contributed by atoms with Crippen molar-refractivity contribution in [3.63, 3.8) is 0 Å². The topological polar surface area (TPSA) is 50.1 Å². The van der Waals surface area contributed by atoms with Crippen LogP contribution in [0.2, 0.25) is 0 Å². The minimum atomic E-state index is -0.118. The van der Waals surface area contributed by atoms with Crippen molar-refractivity contribution in [3.05, 3.63) is 23.5 Å². The summed E-state index contributed by atoms with van der Waals surface area (Å²) >= 11 is 0. The van der Waals surface area contributed by atoms with E-state index in [9.17, 15) is 4.79 Å². The Morgan fingerprint density at radius 1 is 1.54 bits per heavy atom. The monoisotopic (exact) mass is 177 g/mol. The van der Waals surface area contributed by atoms with Gasteiger partial charge in [0.2, 0.25) is 5.78 Å². The summed E-state index contributed by atoms with van der Waals surface area (Å²) in [7, 11) is 0. The van der Waals surface area contributed by atoms with E-state index in [0.717, 1.165) is 0 Å². The van der Waals surface area contributed by atoms with Gasteiger partial charge in [0.25, 0.3) is 0 Å². The molecular weight excluding hydrogens is 166 g/mol. The van der Waals surface area contributed by atoms with E-state index in [1.807, 2.05) is 19.9 Å². The van der Waals surface area contributed by atoms with E-state index in [2.05, 4.69) is 0 Å². The van der Waals surface area contributed by atoms with Crippen LogP contribution < -0.4 is 0 Å². The number of carbonyl (C=O) groups is 1. The standard InChI is InChI=1S/C10H11NO2/c1-7(2)13-10-4-3-8(6-11)5-9(10)12/h3-4,7H,5H2,1-2H3. The predicted octanol–water partition coefficient (Wildman–Crippen LogP) is 1.72. The Morgan fingerprint density at radius 3 is 2.69 bits per heavy atom. The summed E-state index contributed by atoms with van der Waals surface area (Å²) in [6.45, 7) is 3.72. The van der Waals surface area contributed by atoms with Gasteiger partial charge in [-0.2, -0.15) is 5.26 Å². The molecule has 3 nitrogen and oxygen atoms in total. The Morgan fingerprint density at radius 2 is 2.23 bits per heavy atom. The van der Waals surface area contributed by atoms with Gasteiger partial charge in [0.05, 0.1) is 12.2 Å². The quantitative estimate of drug-likeness (QED) is 0.645. The third kappa shape index (κ3) is 2.45. The van der Waals surface area contributed by atoms with Crippen LogP contribution in [0.3, 0.4) is 0 Å². The van der Waals surface area contributed by atoms with Gasteiger partial charge in [-0.25, -0.2) is 0 Å². The molecule has 0 saturated heterocycles. The molecular formula is C10H11NO2. The Balaban J connectivity index is 2.77. The highest BCUT2D eigenvalue weighted by molar-refractivity contribution is 5.97. The first kappa shape index (κ1) is 9.53. The minimum absolute atomic E-state index is 0.00719. The van der Waals surface area contributed by atoms with Gasteiger partial charge >= 0.3 is 0 Å². The lowest BCUT2D eigenvalue weighted by Gasteiger charge is -2.14. The number of rotatable bonds is 2. The molecule has 0 unspecified atom stereocenters. The van der Waals surface area contributed by atoms with Gasteiger partial charge in [-0.1, -0.05) is 0 Å². The summed E-state index contributed by atoms with van der Waals surface area (Å²) in [5.74, 6) is 0.238. The molecule has 0 aliphatic heterocycles. The highest BCUT2D eigenvalue weighted by Gasteiger charge is 2.17. The van der Waals surface area contributed by atoms with Crippen molar-refractivity contribution in [3.8, 4) is 6.07 Å². The van der Waals surface area contributed by atoms with Crippen molar-refractivity contribution < 1.29 is 9.53 Å². The van der Waals surface area contributed by atoms with E-state index in [0.29, 0.717) is 11.3 Å². The molecule has 1 aliphatic rings. The maximum atomic E-state index is 11.3. The summed E-state index contributed by atoms with van der Waals surface area (Å²) in [6, 6.07) is 1.95. The van der Waals surface area contributed by atoms with Gasteiger partial charge in [0.15, 0.2) is 5.76 Å². The molecule has 0 aromatic rings. The Bertz CT molecular complexity index is 318. The molecule has 0 saturated carbocycles. The summed E-state index contributed by atoms with van der Waals surface area (Å²) in [5.41, 5.74) is 0.487. The van der Waals surface area contributed by atoms with Gasteiger partial charge < -0.3 is 4.74 Å². The second-order valence-corrected chi connectivity index (χ2v) is 3.10. The number of nitriles is 1. The number of ether oxygens (including phenoxy) is 1. The van der Waals surface area contributed by atoms with Gasteiger partial charge in [-0.3, -0.25) is 4.79 Å². The maximum absolute atomic E-state index is 11.3. The summed E-state index contributed by atoms with van der Waals surface area (Å²) < 4.78 is 5.25. The average Bonchev–Trinajstić information content (AvgIpc) is 2.08. The third-order valence-electron chi connectivity index (χ3n) is 1.57. The van der Waals surface area contributed by atoms with Crippen LogP contribution in [0.15, 0.2) is 23.5 Å². The van der Waals surface area contributed by atoms with Crippen LogP contribution in [0.4, 0.5) is 0 Å². The lowest BCUT2D eigenvalue weighted by Crippen LogP contribution is -2.13. The fourth-order valence-electron chi connectivity index (χ4n) is 1.02. The van der Waals surface area contributed by atoms with Crippen molar-refractivity contribution in [2.45, 2.75) is 26.4 Å². The van der Waals surface area contributed by atoms with Crippen LogP contribution in [0.25, 0.3) is 0 Å². The molecule has 13 heavy (non-hydrogen) atoms. The highest BCUT2D eigenvalue weighted by Crippen LogP contribution is 2.16. The SMILES string of the molecule is CC(C)OC1=CC=C(C#N)CC1=O. The van der Waals surface area contributed by atoms with Gasteiger partial charge in [-0.05, 0) is 26.0 Å². The molecule has 0 bridgehead atoms. The van der Waals surface area contributed by atoms with Gasteiger partial charge in [0.1, 0.15) is 0 Å². The predicted molar refractivity (Wildman–Crippen MR) is 47.6 cm³/mol. The number of hydrogen-bond acceptors (Lipinski definition) is 3. The molecule has 0 amide bonds. The van der Waals surface area contributed by atoms with Crippen LogP contribution in [0.1, 0.15) is 20.3 Å². The normalized spacial score (nSPS) is 16.3. The maximum Gasteiger partial charge on any atom is 0.202 e. The first-order chi connectivity index (χ1) is 6.13. The van der Waals surface area contributed by atoms with Gasteiger partial charge in [-0.15, -0.1) is 0 Å². The van der Waals surface area contributed by atoms with Crippen molar-refractivity contribution >= 4 is 5.78 Å². The minimum Gasteiger partial charge on any atom is -0.487 e. The van der Waals surface area contributed by atoms with Crippen LogP contribution in [0.5, 0.6) is 0 Å². The number of allylic oxidation sites excluding steroid dienone is 4. The largest absolute Gasteiger partial charge is 0.487 e. The van der Waals surface area contributed by atoms with Crippen molar-refractivity contribution in [1.82, 2.24) is 0 Å². The van der Waals surface area contributed by atoms with E-state index in [4.69, 9.17) is 10.00 Å². The molecule has 0 spiro atoms. The molecule has 0 radical (unpaired) electrons. The number of ketones is 1. The van der Waals surface area contributed by atoms with E-state index >= 15 is 0 Å². The van der Waals surface area contributed by atoms with E-state index in [1.54, 1.807) is 12.2 Å². The average molecular weight is 177 g/mol. The molecule has 0 aromatic carbocycles. The summed E-state index contributed by atoms with van der Waals surface area (Å²) in [4.78, 5) is 11.3. The fourth-order valence-corrected chi connectivity index (χ4v) is 1.02. The zero-order valence-corrected chi connectivity index (χ0v) is 7.70. The Kier molecular flexibility index (Phi) is 2.86. The van der Waals surface area contributed by atoms with E-state index < -0.39 is 0 Å². The molecule has 68 valence electrons. The van der Waals surface area contributed by atoms with Crippen molar-refractivity contribution in [2.24, 2.45) is 0 Å². The van der Waals surface area contributed by atoms with Crippen LogP contribution >= 0.6 is 0 Å². The van der Waals surface area contributed by atoms with Crippen LogP contribution in [-0.2, 0) is 9.53 Å². The van der Waals surface area contributed by atoms with E-state index in [1.165, 1.54) is 0 Å². The summed E-state index contributed by atoms with van der Waals surface area (Å²) in [6.07, 6.45) is 3.34. The molecule has 0 aromatic heterocycles. The lowest BCUT2D eigenvalue weighted by atomic mass is 10.0. The number of Topliss-reactive ketones (excluding diaryl/α,β-unsaturated/α-hetero) is 1. The fraction of sp³-hybridized carbons (Fsp3) is 0.400. The van der Waals surface area contributed by atoms with Crippen molar-refractivity contribution in [2.75, 3.05) is 0 Å². The number of nitrogens with zero attached hydrogens (tertiary/aromatic N) is 1. The highest BCUT2D eigenvalue weighted by atomic mass is 16.5. The molecule has 3 heteroatoms. The summed E-state index contributed by atoms with van der Waals surface area (Å²) in [5, 5.41) is 8.54. The third-order valence-corrected chi connectivity index (χ3v) is 1.57. The van der Waals surface area contributed by atoms with Gasteiger partial charge in [0, 0.05) is 12.0 Å². The number of carbonyl (C=O) groups excluding carboxylic acids is 1. The van der Waals surface area contributed by atoms with E-state index in [-0.39, 0.29) is 18.3 Å². The molecule has 1 aliphatic carbocycles.